The van der Waals surface area contributed by atoms with Crippen molar-refractivity contribution in [3.8, 4) is 11.5 Å². The minimum atomic E-state index is -0.278. The van der Waals surface area contributed by atoms with Crippen LogP contribution in [-0.4, -0.2) is 13.2 Å². The van der Waals surface area contributed by atoms with Gasteiger partial charge in [0.05, 0.1) is 21.5 Å². The SMILES string of the molecule is Clc1cc2c(cc1C(Cl)c1csc(I)c1)OCCCO2. The van der Waals surface area contributed by atoms with E-state index in [1.165, 1.54) is 2.88 Å². The first kappa shape index (κ1) is 14.8. The highest BCUT2D eigenvalue weighted by molar-refractivity contribution is 14.1. The third-order valence-corrected chi connectivity index (χ3v) is 5.64. The molecule has 1 aliphatic heterocycles. The molecule has 1 aliphatic rings. The zero-order chi connectivity index (χ0) is 14.1. The van der Waals surface area contributed by atoms with E-state index in [-0.39, 0.29) is 5.38 Å². The molecule has 0 radical (unpaired) electrons. The lowest BCUT2D eigenvalue weighted by Crippen LogP contribution is -1.97. The van der Waals surface area contributed by atoms with Gasteiger partial charge in [0.2, 0.25) is 0 Å². The van der Waals surface area contributed by atoms with Crippen LogP contribution in [-0.2, 0) is 0 Å². The van der Waals surface area contributed by atoms with Gasteiger partial charge in [-0.25, -0.2) is 0 Å². The molecule has 0 spiro atoms. The fraction of sp³-hybridized carbons (Fsp3) is 0.286. The first-order valence-corrected chi connectivity index (χ1v) is 8.89. The lowest BCUT2D eigenvalue weighted by atomic mass is 10.1. The number of ether oxygens (including phenoxy) is 2. The monoisotopic (exact) mass is 440 g/mol. The van der Waals surface area contributed by atoms with Crippen LogP contribution < -0.4 is 9.47 Å². The van der Waals surface area contributed by atoms with Crippen LogP contribution >= 0.6 is 57.1 Å². The minimum absolute atomic E-state index is 0.278. The largest absolute Gasteiger partial charge is 0.490 e. The fourth-order valence-electron chi connectivity index (χ4n) is 2.03. The number of rotatable bonds is 2. The molecular weight excluding hydrogens is 430 g/mol. The third-order valence-electron chi connectivity index (χ3n) is 3.02. The molecule has 3 rings (SSSR count). The summed E-state index contributed by atoms with van der Waals surface area (Å²) in [7, 11) is 0. The Morgan fingerprint density at radius 2 is 1.85 bits per heavy atom. The van der Waals surface area contributed by atoms with Crippen molar-refractivity contribution in [3.05, 3.63) is 42.6 Å². The number of thiophene rings is 1. The van der Waals surface area contributed by atoms with Crippen molar-refractivity contribution < 1.29 is 9.47 Å². The van der Waals surface area contributed by atoms with Gasteiger partial charge in [-0.15, -0.1) is 22.9 Å². The van der Waals surface area contributed by atoms with Crippen molar-refractivity contribution in [3.63, 3.8) is 0 Å². The Labute approximate surface area is 145 Å². The molecule has 1 unspecified atom stereocenters. The lowest BCUT2D eigenvalue weighted by Gasteiger charge is -2.14. The van der Waals surface area contributed by atoms with Crippen LogP contribution in [0.1, 0.15) is 22.9 Å². The molecule has 2 aromatic rings. The summed E-state index contributed by atoms with van der Waals surface area (Å²) in [5.74, 6) is 1.41. The van der Waals surface area contributed by atoms with Crippen molar-refractivity contribution in [1.29, 1.82) is 0 Å². The first-order valence-electron chi connectivity index (χ1n) is 6.12. The Morgan fingerprint density at radius 1 is 1.15 bits per heavy atom. The molecule has 0 saturated heterocycles. The Kier molecular flexibility index (Phi) is 4.65. The van der Waals surface area contributed by atoms with Crippen molar-refractivity contribution in [2.24, 2.45) is 0 Å². The van der Waals surface area contributed by atoms with Gasteiger partial charge in [-0.05, 0) is 51.2 Å². The fourth-order valence-corrected chi connectivity index (χ4v) is 4.13. The zero-order valence-corrected chi connectivity index (χ0v) is 14.9. The smallest absolute Gasteiger partial charge is 0.162 e. The van der Waals surface area contributed by atoms with Crippen LogP contribution in [0, 0.1) is 2.88 Å². The minimum Gasteiger partial charge on any atom is -0.490 e. The van der Waals surface area contributed by atoms with E-state index >= 15 is 0 Å². The molecule has 1 aromatic carbocycles. The molecule has 0 aliphatic carbocycles. The number of benzene rings is 1. The van der Waals surface area contributed by atoms with E-state index in [1.807, 2.05) is 6.07 Å². The lowest BCUT2D eigenvalue weighted by molar-refractivity contribution is 0.297. The Bertz CT molecular complexity index is 630. The van der Waals surface area contributed by atoms with Gasteiger partial charge in [-0.3, -0.25) is 0 Å². The van der Waals surface area contributed by atoms with Crippen LogP contribution in [0.25, 0.3) is 0 Å². The predicted molar refractivity (Wildman–Crippen MR) is 91.8 cm³/mol. The molecule has 106 valence electrons. The summed E-state index contributed by atoms with van der Waals surface area (Å²) >= 11 is 16.9. The van der Waals surface area contributed by atoms with Gasteiger partial charge in [0.1, 0.15) is 0 Å². The van der Waals surface area contributed by atoms with Gasteiger partial charge in [0.15, 0.2) is 11.5 Å². The topological polar surface area (TPSA) is 18.5 Å². The second-order valence-corrected chi connectivity index (χ2v) is 8.07. The zero-order valence-electron chi connectivity index (χ0n) is 10.4. The Hall–Kier alpha value is -0.170. The van der Waals surface area contributed by atoms with E-state index in [4.69, 9.17) is 32.7 Å². The predicted octanol–water partition coefficient (Wildman–Crippen LogP) is 5.50. The van der Waals surface area contributed by atoms with Crippen LogP contribution in [0.4, 0.5) is 0 Å². The van der Waals surface area contributed by atoms with Crippen LogP contribution in [0.3, 0.4) is 0 Å². The number of hydrogen-bond donors (Lipinski definition) is 0. The molecule has 0 N–H and O–H groups in total. The highest BCUT2D eigenvalue weighted by Gasteiger charge is 2.20. The van der Waals surface area contributed by atoms with Crippen LogP contribution in [0.5, 0.6) is 11.5 Å². The number of alkyl halides is 1. The molecule has 0 fully saturated rings. The summed E-state index contributed by atoms with van der Waals surface area (Å²) in [6.07, 6.45) is 0.870. The van der Waals surface area contributed by atoms with E-state index < -0.39 is 0 Å². The average molecular weight is 441 g/mol. The maximum Gasteiger partial charge on any atom is 0.162 e. The number of fused-ring (bicyclic) bond motifs is 1. The molecule has 0 bridgehead atoms. The van der Waals surface area contributed by atoms with Gasteiger partial charge < -0.3 is 9.47 Å². The molecule has 0 saturated carbocycles. The van der Waals surface area contributed by atoms with Crippen LogP contribution in [0.15, 0.2) is 23.6 Å². The van der Waals surface area contributed by atoms with E-state index in [2.05, 4.69) is 34.0 Å². The van der Waals surface area contributed by atoms with Gasteiger partial charge in [0.25, 0.3) is 0 Å². The molecule has 1 atom stereocenters. The first-order chi connectivity index (χ1) is 9.65. The third kappa shape index (κ3) is 3.03. The standard InChI is InChI=1S/C14H11Cl2IO2S/c15-10-6-12-11(18-2-1-3-19-12)5-9(10)14(16)8-4-13(17)20-7-8/h4-7,14H,1-3H2. The summed E-state index contributed by atoms with van der Waals surface area (Å²) in [4.78, 5) is 0. The summed E-state index contributed by atoms with van der Waals surface area (Å²) in [6, 6.07) is 5.76. The molecule has 2 nitrogen and oxygen atoms in total. The molecular formula is C14H11Cl2IO2S. The van der Waals surface area contributed by atoms with Gasteiger partial charge >= 0.3 is 0 Å². The van der Waals surface area contributed by atoms with Crippen molar-refractivity contribution in [2.45, 2.75) is 11.8 Å². The molecule has 0 amide bonds. The van der Waals surface area contributed by atoms with E-state index in [0.29, 0.717) is 24.0 Å². The van der Waals surface area contributed by atoms with Crippen LogP contribution in [0.2, 0.25) is 5.02 Å². The van der Waals surface area contributed by atoms with E-state index in [0.717, 1.165) is 23.3 Å². The second kappa shape index (κ2) is 6.30. The van der Waals surface area contributed by atoms with Gasteiger partial charge in [0, 0.05) is 17.5 Å². The van der Waals surface area contributed by atoms with E-state index in [1.54, 1.807) is 17.4 Å². The van der Waals surface area contributed by atoms with Crippen molar-refractivity contribution in [2.75, 3.05) is 13.2 Å². The van der Waals surface area contributed by atoms with Gasteiger partial charge in [-0.2, -0.15) is 0 Å². The van der Waals surface area contributed by atoms with Crippen molar-refractivity contribution >= 4 is 57.1 Å². The molecule has 2 heterocycles. The normalized spacial score (nSPS) is 15.8. The highest BCUT2D eigenvalue weighted by Crippen LogP contribution is 2.42. The molecule has 1 aromatic heterocycles. The Balaban J connectivity index is 1.99. The average Bonchev–Trinajstić information content (AvgIpc) is 2.73. The quantitative estimate of drug-likeness (QED) is 0.453. The molecule has 6 heteroatoms. The summed E-state index contributed by atoms with van der Waals surface area (Å²) in [5, 5.41) is 2.38. The summed E-state index contributed by atoms with van der Waals surface area (Å²) < 4.78 is 12.5. The Morgan fingerprint density at radius 3 is 2.50 bits per heavy atom. The number of hydrogen-bond acceptors (Lipinski definition) is 3. The van der Waals surface area contributed by atoms with Gasteiger partial charge in [-0.1, -0.05) is 11.6 Å². The second-order valence-electron chi connectivity index (χ2n) is 4.42. The van der Waals surface area contributed by atoms with E-state index in [9.17, 15) is 0 Å². The molecule has 20 heavy (non-hydrogen) atoms. The summed E-state index contributed by atoms with van der Waals surface area (Å²) in [6.45, 7) is 1.30. The number of halogens is 3. The highest BCUT2D eigenvalue weighted by atomic mass is 127. The maximum atomic E-state index is 6.56. The maximum absolute atomic E-state index is 6.56. The van der Waals surface area contributed by atoms with Crippen molar-refractivity contribution in [1.82, 2.24) is 0 Å². The summed E-state index contributed by atoms with van der Waals surface area (Å²) in [5.41, 5.74) is 1.91.